The maximum absolute atomic E-state index is 5.31. The number of nitrogens with two attached hydrogens (primary N) is 1. The summed E-state index contributed by atoms with van der Waals surface area (Å²) in [4.78, 5) is 0. The van der Waals surface area contributed by atoms with Gasteiger partial charge in [0.15, 0.2) is 0 Å². The van der Waals surface area contributed by atoms with Gasteiger partial charge in [0.1, 0.15) is 0 Å². The van der Waals surface area contributed by atoms with Crippen LogP contribution in [0.5, 0.6) is 0 Å². The van der Waals surface area contributed by atoms with E-state index in [2.05, 4.69) is 5.32 Å². The molecule has 0 radical (unpaired) electrons. The first-order valence-electron chi connectivity index (χ1n) is 3.16. The second-order valence-corrected chi connectivity index (χ2v) is 4.94. The van der Waals surface area contributed by atoms with Crippen molar-refractivity contribution >= 4 is 21.6 Å². The topological polar surface area (TPSA) is 38.0 Å². The van der Waals surface area contributed by atoms with Gasteiger partial charge >= 0.3 is 0 Å². The van der Waals surface area contributed by atoms with E-state index in [1.165, 1.54) is 0 Å². The highest BCUT2D eigenvalue weighted by atomic mass is 33.2. The van der Waals surface area contributed by atoms with Crippen LogP contribution in [0.4, 0.5) is 0 Å². The lowest BCUT2D eigenvalue weighted by Gasteiger charge is -1.98. The Hall–Kier alpha value is 0.620. The van der Waals surface area contributed by atoms with Crippen molar-refractivity contribution in [1.82, 2.24) is 5.32 Å². The molecule has 54 valence electrons. The summed E-state index contributed by atoms with van der Waals surface area (Å²) in [6.07, 6.45) is 1.10. The Morgan fingerprint density at radius 1 is 1.44 bits per heavy atom. The Morgan fingerprint density at radius 2 is 2.22 bits per heavy atom. The first kappa shape index (κ1) is 7.72. The summed E-state index contributed by atoms with van der Waals surface area (Å²) in [6, 6.07) is 0. The minimum atomic E-state index is 0.804. The Labute approximate surface area is 63.7 Å². The largest absolute Gasteiger partial charge is 0.330 e. The van der Waals surface area contributed by atoms with E-state index in [4.69, 9.17) is 5.73 Å². The van der Waals surface area contributed by atoms with E-state index < -0.39 is 0 Å². The summed E-state index contributed by atoms with van der Waals surface area (Å²) in [5.74, 6) is 0. The summed E-state index contributed by atoms with van der Waals surface area (Å²) in [5, 5.41) is 3.33. The summed E-state index contributed by atoms with van der Waals surface area (Å²) >= 11 is 0. The lowest BCUT2D eigenvalue weighted by atomic mass is 10.4. The maximum Gasteiger partial charge on any atom is 0.0834 e. The van der Waals surface area contributed by atoms with Gasteiger partial charge in [0, 0.05) is 6.54 Å². The fourth-order valence-electron chi connectivity index (χ4n) is 0.554. The standard InChI is InChI=1S/C5H12N2S2/c6-2-1-3-7-4-5-8-9-5/h5,7H,1-4,6H2. The van der Waals surface area contributed by atoms with Crippen molar-refractivity contribution in [1.29, 1.82) is 0 Å². The molecule has 1 fully saturated rings. The van der Waals surface area contributed by atoms with Crippen LogP contribution in [0.2, 0.25) is 0 Å². The second-order valence-electron chi connectivity index (χ2n) is 1.97. The molecular formula is C5H12N2S2. The van der Waals surface area contributed by atoms with Crippen molar-refractivity contribution in [2.75, 3.05) is 19.6 Å². The first-order valence-corrected chi connectivity index (χ1v) is 5.44. The highest BCUT2D eigenvalue weighted by Crippen LogP contribution is 2.52. The number of hydrogen-bond acceptors (Lipinski definition) is 4. The van der Waals surface area contributed by atoms with Gasteiger partial charge in [-0.05, 0) is 19.5 Å². The SMILES string of the molecule is NCCCNCC1SS1. The summed E-state index contributed by atoms with van der Waals surface area (Å²) in [7, 11) is 3.90. The third-order valence-corrected chi connectivity index (χ3v) is 3.29. The van der Waals surface area contributed by atoms with Gasteiger partial charge in [0.25, 0.3) is 0 Å². The normalized spacial score (nSPS) is 18.3. The molecule has 1 rings (SSSR count). The highest BCUT2D eigenvalue weighted by Gasteiger charge is 2.22. The zero-order valence-electron chi connectivity index (χ0n) is 5.30. The number of hydrogen-bond donors (Lipinski definition) is 2. The van der Waals surface area contributed by atoms with Gasteiger partial charge < -0.3 is 11.1 Å². The lowest BCUT2D eigenvalue weighted by Crippen LogP contribution is -2.21. The quantitative estimate of drug-likeness (QED) is 0.355. The van der Waals surface area contributed by atoms with Crippen LogP contribution in [0.25, 0.3) is 0 Å². The van der Waals surface area contributed by atoms with Crippen molar-refractivity contribution in [2.24, 2.45) is 5.73 Å². The predicted molar refractivity (Wildman–Crippen MR) is 45.5 cm³/mol. The van der Waals surface area contributed by atoms with Gasteiger partial charge in [0.2, 0.25) is 0 Å². The van der Waals surface area contributed by atoms with E-state index in [0.717, 1.165) is 30.6 Å². The smallest absolute Gasteiger partial charge is 0.0834 e. The first-order chi connectivity index (χ1) is 4.43. The Balaban J connectivity index is 1.71. The molecule has 0 aromatic heterocycles. The average molecular weight is 164 g/mol. The lowest BCUT2D eigenvalue weighted by molar-refractivity contribution is 0.678. The molecule has 0 unspecified atom stereocenters. The van der Waals surface area contributed by atoms with E-state index >= 15 is 0 Å². The Morgan fingerprint density at radius 3 is 2.78 bits per heavy atom. The van der Waals surface area contributed by atoms with Gasteiger partial charge in [-0.25, -0.2) is 0 Å². The Bertz CT molecular complexity index is 75.4. The molecule has 0 amide bonds. The highest BCUT2D eigenvalue weighted by molar-refractivity contribution is 8.92. The van der Waals surface area contributed by atoms with Crippen LogP contribution in [0.3, 0.4) is 0 Å². The van der Waals surface area contributed by atoms with Crippen LogP contribution in [0, 0.1) is 0 Å². The molecule has 1 aliphatic rings. The summed E-state index contributed by atoms with van der Waals surface area (Å²) in [6.45, 7) is 3.03. The minimum absolute atomic E-state index is 0.804. The molecule has 0 aliphatic carbocycles. The zero-order valence-corrected chi connectivity index (χ0v) is 6.93. The van der Waals surface area contributed by atoms with Gasteiger partial charge in [0.05, 0.1) is 4.58 Å². The van der Waals surface area contributed by atoms with Crippen LogP contribution in [-0.2, 0) is 0 Å². The van der Waals surface area contributed by atoms with E-state index in [1.807, 2.05) is 21.6 Å². The molecule has 3 N–H and O–H groups in total. The van der Waals surface area contributed by atoms with E-state index in [9.17, 15) is 0 Å². The van der Waals surface area contributed by atoms with Crippen LogP contribution in [-0.4, -0.2) is 24.2 Å². The predicted octanol–water partition coefficient (Wildman–Crippen LogP) is 0.646. The van der Waals surface area contributed by atoms with Crippen molar-refractivity contribution in [2.45, 2.75) is 11.0 Å². The molecule has 4 heteroatoms. The number of nitrogens with one attached hydrogen (secondary N) is 1. The molecule has 0 bridgehead atoms. The van der Waals surface area contributed by atoms with Crippen molar-refractivity contribution < 1.29 is 0 Å². The molecular weight excluding hydrogens is 152 g/mol. The molecule has 0 aromatic carbocycles. The molecule has 0 aromatic rings. The Kier molecular flexibility index (Phi) is 3.81. The molecule has 9 heavy (non-hydrogen) atoms. The average Bonchev–Trinajstić information content (AvgIpc) is 2.63. The third kappa shape index (κ3) is 4.08. The van der Waals surface area contributed by atoms with Gasteiger partial charge in [-0.1, -0.05) is 21.6 Å². The minimum Gasteiger partial charge on any atom is -0.330 e. The molecule has 2 nitrogen and oxygen atoms in total. The van der Waals surface area contributed by atoms with E-state index in [1.54, 1.807) is 0 Å². The van der Waals surface area contributed by atoms with Gasteiger partial charge in [-0.2, -0.15) is 0 Å². The van der Waals surface area contributed by atoms with Gasteiger partial charge in [-0.15, -0.1) is 0 Å². The van der Waals surface area contributed by atoms with E-state index in [0.29, 0.717) is 0 Å². The second kappa shape index (κ2) is 4.44. The van der Waals surface area contributed by atoms with Crippen LogP contribution in [0.1, 0.15) is 6.42 Å². The van der Waals surface area contributed by atoms with Gasteiger partial charge in [-0.3, -0.25) is 0 Å². The fourth-order valence-corrected chi connectivity index (χ4v) is 1.65. The van der Waals surface area contributed by atoms with Crippen LogP contribution >= 0.6 is 21.6 Å². The maximum atomic E-state index is 5.31. The molecule has 0 atom stereocenters. The van der Waals surface area contributed by atoms with E-state index in [-0.39, 0.29) is 0 Å². The zero-order chi connectivity index (χ0) is 6.53. The van der Waals surface area contributed by atoms with Crippen LogP contribution in [0.15, 0.2) is 0 Å². The molecule has 1 heterocycles. The van der Waals surface area contributed by atoms with Crippen molar-refractivity contribution in [3.05, 3.63) is 0 Å². The molecule has 0 saturated carbocycles. The number of rotatable bonds is 5. The van der Waals surface area contributed by atoms with Crippen molar-refractivity contribution in [3.8, 4) is 0 Å². The third-order valence-electron chi connectivity index (χ3n) is 1.10. The fraction of sp³-hybridized carbons (Fsp3) is 1.00. The summed E-state index contributed by atoms with van der Waals surface area (Å²) in [5.41, 5.74) is 5.31. The molecule has 1 saturated heterocycles. The monoisotopic (exact) mass is 164 g/mol. The molecule has 0 spiro atoms. The van der Waals surface area contributed by atoms with Crippen LogP contribution < -0.4 is 11.1 Å². The molecule has 1 aliphatic heterocycles. The summed E-state index contributed by atoms with van der Waals surface area (Å²) < 4.78 is 0.836. The van der Waals surface area contributed by atoms with Crippen molar-refractivity contribution in [3.63, 3.8) is 0 Å².